The number of likely N-dealkylation sites (tertiary alicyclic amines) is 1. The number of thiazole rings is 1. The van der Waals surface area contributed by atoms with Crippen molar-refractivity contribution in [1.29, 1.82) is 0 Å². The van der Waals surface area contributed by atoms with Crippen LogP contribution >= 0.6 is 22.9 Å². The molecule has 0 spiro atoms. The number of nitrogens with one attached hydrogen (secondary N) is 1. The second kappa shape index (κ2) is 9.11. The van der Waals surface area contributed by atoms with E-state index >= 15 is 0 Å². The van der Waals surface area contributed by atoms with Gasteiger partial charge >= 0.3 is 0 Å². The Hall–Kier alpha value is -2.84. The van der Waals surface area contributed by atoms with Crippen LogP contribution in [0.2, 0.25) is 5.02 Å². The largest absolute Gasteiger partial charge is 0.352 e. The topological polar surface area (TPSA) is 88.1 Å². The van der Waals surface area contributed by atoms with Gasteiger partial charge in [0.05, 0.1) is 15.4 Å². The maximum absolute atomic E-state index is 13.4. The second-order valence-corrected chi connectivity index (χ2v) is 9.08. The zero-order chi connectivity index (χ0) is 22.0. The van der Waals surface area contributed by atoms with Gasteiger partial charge in [0, 0.05) is 36.5 Å². The van der Waals surface area contributed by atoms with Crippen LogP contribution in [-0.2, 0) is 0 Å². The van der Waals surface area contributed by atoms with Gasteiger partial charge in [0.2, 0.25) is 5.95 Å². The molecule has 31 heavy (non-hydrogen) atoms. The molecule has 160 valence electrons. The first kappa shape index (κ1) is 21.4. The summed E-state index contributed by atoms with van der Waals surface area (Å²) in [5.41, 5.74) is 1.89. The molecule has 1 fully saturated rings. The Morgan fingerprint density at radius 2 is 1.94 bits per heavy atom. The molecule has 1 aliphatic rings. The van der Waals surface area contributed by atoms with Gasteiger partial charge in [-0.2, -0.15) is 0 Å². The van der Waals surface area contributed by atoms with E-state index < -0.39 is 0 Å². The third-order valence-electron chi connectivity index (χ3n) is 5.24. The number of hydrogen-bond donors (Lipinski definition) is 1. The summed E-state index contributed by atoms with van der Waals surface area (Å²) in [7, 11) is 0. The molecule has 3 aromatic rings. The lowest BCUT2D eigenvalue weighted by molar-refractivity contribution is 0.0739. The number of aromatic nitrogens is 3. The first-order valence-electron chi connectivity index (χ1n) is 10.0. The smallest absolute Gasteiger partial charge is 0.274 e. The lowest BCUT2D eigenvalue weighted by Crippen LogP contribution is -2.40. The zero-order valence-electron chi connectivity index (χ0n) is 17.3. The summed E-state index contributed by atoms with van der Waals surface area (Å²) >= 11 is 7.53. The van der Waals surface area contributed by atoms with Gasteiger partial charge in [-0.1, -0.05) is 23.7 Å². The summed E-state index contributed by atoms with van der Waals surface area (Å²) in [6, 6.07) is 7.48. The number of aryl methyl sites for hydroxylation is 1. The molecule has 1 N–H and O–H groups in total. The molecule has 2 aromatic heterocycles. The van der Waals surface area contributed by atoms with E-state index in [-0.39, 0.29) is 17.7 Å². The molecule has 1 saturated heterocycles. The van der Waals surface area contributed by atoms with Crippen molar-refractivity contribution in [3.8, 4) is 10.4 Å². The van der Waals surface area contributed by atoms with E-state index in [4.69, 9.17) is 11.6 Å². The molecule has 0 aliphatic carbocycles. The summed E-state index contributed by atoms with van der Waals surface area (Å²) in [6.45, 7) is 4.61. The predicted octanol–water partition coefficient (Wildman–Crippen LogP) is 4.48. The van der Waals surface area contributed by atoms with E-state index in [0.717, 1.165) is 28.3 Å². The van der Waals surface area contributed by atoms with Gasteiger partial charge in [-0.05, 0) is 44.4 Å². The SMILES string of the molecule is CC(=O)c1cnc(NC[C@@H]2CCCN2C(=O)c2nc(C)sc2-c2ccc(Cl)cc2)nc1. The Bertz CT molecular complexity index is 1100. The highest BCUT2D eigenvalue weighted by Crippen LogP contribution is 2.33. The van der Waals surface area contributed by atoms with Gasteiger partial charge in [-0.3, -0.25) is 9.59 Å². The molecule has 0 unspecified atom stereocenters. The van der Waals surface area contributed by atoms with Crippen LogP contribution in [0.15, 0.2) is 36.7 Å². The summed E-state index contributed by atoms with van der Waals surface area (Å²) in [6.07, 6.45) is 4.84. The summed E-state index contributed by atoms with van der Waals surface area (Å²) in [4.78, 5) is 40.4. The van der Waals surface area contributed by atoms with Crippen LogP contribution in [0.4, 0.5) is 5.95 Å². The highest BCUT2D eigenvalue weighted by molar-refractivity contribution is 7.15. The van der Waals surface area contributed by atoms with Crippen LogP contribution in [-0.4, -0.2) is 50.7 Å². The van der Waals surface area contributed by atoms with E-state index in [9.17, 15) is 9.59 Å². The number of hydrogen-bond acceptors (Lipinski definition) is 7. The first-order valence-corrected chi connectivity index (χ1v) is 11.2. The van der Waals surface area contributed by atoms with Gasteiger partial charge in [-0.25, -0.2) is 15.0 Å². The van der Waals surface area contributed by atoms with Crippen molar-refractivity contribution in [2.75, 3.05) is 18.4 Å². The van der Waals surface area contributed by atoms with E-state index in [1.54, 1.807) is 0 Å². The Morgan fingerprint density at radius 3 is 2.61 bits per heavy atom. The number of halogens is 1. The first-order chi connectivity index (χ1) is 14.9. The van der Waals surface area contributed by atoms with Crippen molar-refractivity contribution in [2.45, 2.75) is 32.7 Å². The summed E-state index contributed by atoms with van der Waals surface area (Å²) < 4.78 is 0. The number of Topliss-reactive ketones (excluding diaryl/α,β-unsaturated/α-hetero) is 1. The maximum Gasteiger partial charge on any atom is 0.274 e. The Morgan fingerprint density at radius 1 is 1.23 bits per heavy atom. The van der Waals surface area contributed by atoms with Crippen LogP contribution in [0.25, 0.3) is 10.4 Å². The highest BCUT2D eigenvalue weighted by atomic mass is 35.5. The van der Waals surface area contributed by atoms with E-state index in [0.29, 0.717) is 35.3 Å². The number of rotatable bonds is 6. The zero-order valence-corrected chi connectivity index (χ0v) is 18.8. The Kier molecular flexibility index (Phi) is 6.29. The Labute approximate surface area is 189 Å². The number of ketones is 1. The number of benzene rings is 1. The second-order valence-electron chi connectivity index (χ2n) is 7.44. The fourth-order valence-electron chi connectivity index (χ4n) is 3.63. The number of nitrogens with zero attached hydrogens (tertiary/aromatic N) is 4. The molecule has 3 heterocycles. The number of amides is 1. The maximum atomic E-state index is 13.4. The quantitative estimate of drug-likeness (QED) is 0.551. The van der Waals surface area contributed by atoms with Crippen molar-refractivity contribution in [3.05, 3.63) is 57.9 Å². The lowest BCUT2D eigenvalue weighted by atomic mass is 10.1. The molecule has 1 atom stereocenters. The molecule has 1 aromatic carbocycles. The van der Waals surface area contributed by atoms with Crippen molar-refractivity contribution in [3.63, 3.8) is 0 Å². The van der Waals surface area contributed by atoms with Gasteiger partial charge in [0.25, 0.3) is 5.91 Å². The van der Waals surface area contributed by atoms with Crippen molar-refractivity contribution < 1.29 is 9.59 Å². The molecule has 4 rings (SSSR count). The standard InChI is InChI=1S/C22H22ClN5O2S/c1-13(29)16-10-24-22(25-11-16)26-12-18-4-3-9-28(18)21(30)19-20(31-14(2)27-19)15-5-7-17(23)8-6-15/h5-8,10-11,18H,3-4,9,12H2,1-2H3,(H,24,25,26)/t18-/m0/s1. The van der Waals surface area contributed by atoms with E-state index in [1.807, 2.05) is 36.1 Å². The van der Waals surface area contributed by atoms with Crippen molar-refractivity contribution >= 4 is 40.6 Å². The van der Waals surface area contributed by atoms with Crippen LogP contribution in [0.3, 0.4) is 0 Å². The predicted molar refractivity (Wildman–Crippen MR) is 122 cm³/mol. The molecule has 0 radical (unpaired) electrons. The van der Waals surface area contributed by atoms with Gasteiger partial charge < -0.3 is 10.2 Å². The fraction of sp³-hybridized carbons (Fsp3) is 0.318. The third-order valence-corrected chi connectivity index (χ3v) is 6.51. The minimum Gasteiger partial charge on any atom is -0.352 e. The van der Waals surface area contributed by atoms with E-state index in [1.165, 1.54) is 30.7 Å². The van der Waals surface area contributed by atoms with Crippen molar-refractivity contribution in [1.82, 2.24) is 19.9 Å². The van der Waals surface area contributed by atoms with E-state index in [2.05, 4.69) is 20.3 Å². The van der Waals surface area contributed by atoms with Crippen molar-refractivity contribution in [2.24, 2.45) is 0 Å². The third kappa shape index (κ3) is 4.75. The molecule has 1 amide bonds. The molecular formula is C22H22ClN5O2S. The highest BCUT2D eigenvalue weighted by Gasteiger charge is 2.32. The average molecular weight is 456 g/mol. The molecule has 9 heteroatoms. The van der Waals surface area contributed by atoms with Crippen LogP contribution in [0, 0.1) is 6.92 Å². The monoisotopic (exact) mass is 455 g/mol. The molecule has 0 saturated carbocycles. The lowest BCUT2D eigenvalue weighted by Gasteiger charge is -2.24. The van der Waals surface area contributed by atoms with Gasteiger partial charge in [0.15, 0.2) is 5.78 Å². The van der Waals surface area contributed by atoms with Crippen LogP contribution < -0.4 is 5.32 Å². The Balaban J connectivity index is 1.49. The number of anilines is 1. The van der Waals surface area contributed by atoms with Gasteiger partial charge in [-0.15, -0.1) is 11.3 Å². The number of carbonyl (C=O) groups excluding carboxylic acids is 2. The summed E-state index contributed by atoms with van der Waals surface area (Å²) in [5.74, 6) is 0.302. The summed E-state index contributed by atoms with van der Waals surface area (Å²) in [5, 5.41) is 4.69. The van der Waals surface area contributed by atoms with Crippen LogP contribution in [0.5, 0.6) is 0 Å². The average Bonchev–Trinajstić information content (AvgIpc) is 3.39. The normalized spacial score (nSPS) is 15.8. The molecule has 7 nitrogen and oxygen atoms in total. The van der Waals surface area contributed by atoms with Gasteiger partial charge in [0.1, 0.15) is 5.69 Å². The fourth-order valence-corrected chi connectivity index (χ4v) is 4.67. The minimum atomic E-state index is -0.0748. The van der Waals surface area contributed by atoms with Crippen LogP contribution in [0.1, 0.15) is 45.6 Å². The number of carbonyl (C=O) groups is 2. The molecular weight excluding hydrogens is 434 g/mol. The molecule has 1 aliphatic heterocycles. The minimum absolute atomic E-state index is 0.0173. The molecule has 0 bridgehead atoms.